The summed E-state index contributed by atoms with van der Waals surface area (Å²) in [5.41, 5.74) is 0. The lowest BCUT2D eigenvalue weighted by Gasteiger charge is -2.23. The molecule has 19 heavy (non-hydrogen) atoms. The molecule has 104 valence electrons. The van der Waals surface area contributed by atoms with Crippen LogP contribution in [0.3, 0.4) is 0 Å². The van der Waals surface area contributed by atoms with Crippen LogP contribution >= 0.6 is 22.7 Å². The summed E-state index contributed by atoms with van der Waals surface area (Å²) in [6.45, 7) is 0.600. The Kier molecular flexibility index (Phi) is 6.00. The number of aliphatic hydroxyl groups is 1. The first-order chi connectivity index (χ1) is 9.33. The first kappa shape index (κ1) is 14.7. The second-order valence-corrected chi connectivity index (χ2v) is 6.36. The van der Waals surface area contributed by atoms with E-state index in [1.54, 1.807) is 29.8 Å². The third-order valence-electron chi connectivity index (χ3n) is 2.90. The second-order valence-electron chi connectivity index (χ2n) is 4.35. The summed E-state index contributed by atoms with van der Waals surface area (Å²) < 4.78 is 5.13. The average molecular weight is 297 g/mol. The van der Waals surface area contributed by atoms with Crippen LogP contribution in [-0.2, 0) is 11.2 Å². The van der Waals surface area contributed by atoms with Crippen LogP contribution in [0.2, 0.25) is 0 Å². The van der Waals surface area contributed by atoms with Crippen LogP contribution in [0.25, 0.3) is 0 Å². The van der Waals surface area contributed by atoms with Crippen molar-refractivity contribution < 1.29 is 9.84 Å². The normalized spacial score (nSPS) is 14.4. The van der Waals surface area contributed by atoms with Gasteiger partial charge in [0.2, 0.25) is 0 Å². The lowest BCUT2D eigenvalue weighted by molar-refractivity contribution is 0.122. The third kappa shape index (κ3) is 4.40. The maximum Gasteiger partial charge on any atom is 0.0638 e. The van der Waals surface area contributed by atoms with Crippen LogP contribution < -0.4 is 5.32 Å². The first-order valence-electron chi connectivity index (χ1n) is 6.25. The van der Waals surface area contributed by atoms with Gasteiger partial charge in [-0.05, 0) is 22.9 Å². The fourth-order valence-electron chi connectivity index (χ4n) is 2.00. The highest BCUT2D eigenvalue weighted by molar-refractivity contribution is 7.10. The van der Waals surface area contributed by atoms with Gasteiger partial charge < -0.3 is 15.2 Å². The van der Waals surface area contributed by atoms with Gasteiger partial charge in [0.15, 0.2) is 0 Å². The van der Waals surface area contributed by atoms with Crippen LogP contribution in [0.15, 0.2) is 35.0 Å². The molecule has 0 aliphatic heterocycles. The number of hydrogen-bond acceptors (Lipinski definition) is 5. The van der Waals surface area contributed by atoms with E-state index >= 15 is 0 Å². The van der Waals surface area contributed by atoms with Gasteiger partial charge in [-0.15, -0.1) is 22.7 Å². The summed E-state index contributed by atoms with van der Waals surface area (Å²) in [4.78, 5) is 2.64. The molecule has 2 rings (SSSR count). The minimum atomic E-state index is -0.0305. The third-order valence-corrected chi connectivity index (χ3v) is 4.78. The molecule has 2 unspecified atom stereocenters. The summed E-state index contributed by atoms with van der Waals surface area (Å²) in [6, 6.07) is 8.62. The van der Waals surface area contributed by atoms with Gasteiger partial charge in [0, 0.05) is 29.3 Å². The molecule has 0 saturated heterocycles. The molecular formula is C14H19NO2S2. The maximum absolute atomic E-state index is 9.39. The van der Waals surface area contributed by atoms with E-state index in [1.165, 1.54) is 9.75 Å². The Hall–Kier alpha value is -0.720. The summed E-state index contributed by atoms with van der Waals surface area (Å²) in [6.07, 6.45) is 0.943. The number of nitrogens with one attached hydrogen (secondary N) is 1. The highest BCUT2D eigenvalue weighted by Gasteiger charge is 2.18. The smallest absolute Gasteiger partial charge is 0.0638 e. The van der Waals surface area contributed by atoms with Gasteiger partial charge in [-0.2, -0.15) is 0 Å². The molecule has 2 aromatic rings. The van der Waals surface area contributed by atoms with Gasteiger partial charge in [-0.3, -0.25) is 0 Å². The zero-order valence-electron chi connectivity index (χ0n) is 10.9. The zero-order valence-corrected chi connectivity index (χ0v) is 12.5. The van der Waals surface area contributed by atoms with Crippen molar-refractivity contribution in [3.8, 4) is 0 Å². The largest absolute Gasteiger partial charge is 0.395 e. The summed E-state index contributed by atoms with van der Waals surface area (Å²) >= 11 is 3.51. The van der Waals surface area contributed by atoms with Gasteiger partial charge >= 0.3 is 0 Å². The number of aliphatic hydroxyl groups excluding tert-OH is 1. The van der Waals surface area contributed by atoms with Gasteiger partial charge in [0.1, 0.15) is 0 Å². The molecular weight excluding hydrogens is 278 g/mol. The molecule has 0 fully saturated rings. The predicted molar refractivity (Wildman–Crippen MR) is 81.0 cm³/mol. The van der Waals surface area contributed by atoms with Gasteiger partial charge in [-0.25, -0.2) is 0 Å². The molecule has 0 aliphatic carbocycles. The van der Waals surface area contributed by atoms with Crippen molar-refractivity contribution in [2.24, 2.45) is 0 Å². The fraction of sp³-hybridized carbons (Fsp3) is 0.429. The molecule has 2 heterocycles. The van der Waals surface area contributed by atoms with Crippen molar-refractivity contribution >= 4 is 22.7 Å². The van der Waals surface area contributed by atoms with E-state index in [0.29, 0.717) is 6.61 Å². The van der Waals surface area contributed by atoms with Crippen molar-refractivity contribution in [1.29, 1.82) is 0 Å². The number of thiophene rings is 2. The van der Waals surface area contributed by atoms with Crippen molar-refractivity contribution in [2.75, 3.05) is 20.3 Å². The van der Waals surface area contributed by atoms with E-state index in [-0.39, 0.29) is 18.7 Å². The summed E-state index contributed by atoms with van der Waals surface area (Å²) in [5.74, 6) is 0. The van der Waals surface area contributed by atoms with Gasteiger partial charge in [-0.1, -0.05) is 12.1 Å². The highest BCUT2D eigenvalue weighted by atomic mass is 32.1. The molecule has 0 spiro atoms. The SMILES string of the molecule is COCC(CO)NC(Cc1cccs1)c1cccs1. The molecule has 0 saturated carbocycles. The lowest BCUT2D eigenvalue weighted by Crippen LogP contribution is -2.39. The Morgan fingerprint density at radius 3 is 2.63 bits per heavy atom. The van der Waals surface area contributed by atoms with E-state index in [0.717, 1.165) is 6.42 Å². The Labute approximate surface area is 121 Å². The molecule has 0 aromatic carbocycles. The minimum absolute atomic E-state index is 0.0305. The molecule has 2 N–H and O–H groups in total. The van der Waals surface area contributed by atoms with E-state index in [2.05, 4.69) is 40.3 Å². The molecule has 0 amide bonds. The van der Waals surface area contributed by atoms with E-state index in [4.69, 9.17) is 4.74 Å². The monoisotopic (exact) mass is 297 g/mol. The predicted octanol–water partition coefficient (Wildman–Crippen LogP) is 2.69. The Morgan fingerprint density at radius 1 is 1.26 bits per heavy atom. The Morgan fingerprint density at radius 2 is 2.05 bits per heavy atom. The summed E-state index contributed by atoms with van der Waals surface area (Å²) in [5, 5.41) is 17.1. The molecule has 0 bridgehead atoms. The molecule has 3 nitrogen and oxygen atoms in total. The standard InChI is InChI=1S/C14H19NO2S2/c1-17-10-11(9-16)15-13(14-5-3-7-19-14)8-12-4-2-6-18-12/h2-7,11,13,15-16H,8-10H2,1H3. The second kappa shape index (κ2) is 7.77. The van der Waals surface area contributed by atoms with Crippen molar-refractivity contribution in [1.82, 2.24) is 5.32 Å². The van der Waals surface area contributed by atoms with Crippen molar-refractivity contribution in [2.45, 2.75) is 18.5 Å². The minimum Gasteiger partial charge on any atom is -0.395 e. The van der Waals surface area contributed by atoms with Crippen LogP contribution in [0, 0.1) is 0 Å². The van der Waals surface area contributed by atoms with Gasteiger partial charge in [0.05, 0.1) is 19.3 Å². The molecule has 5 heteroatoms. The zero-order chi connectivity index (χ0) is 13.5. The Balaban J connectivity index is 2.06. The van der Waals surface area contributed by atoms with E-state index < -0.39 is 0 Å². The first-order valence-corrected chi connectivity index (χ1v) is 8.01. The van der Waals surface area contributed by atoms with Crippen LogP contribution in [-0.4, -0.2) is 31.5 Å². The number of methoxy groups -OCH3 is 1. The molecule has 2 aromatic heterocycles. The van der Waals surface area contributed by atoms with Gasteiger partial charge in [0.25, 0.3) is 0 Å². The van der Waals surface area contributed by atoms with E-state index in [9.17, 15) is 5.11 Å². The fourth-order valence-corrected chi connectivity index (χ4v) is 3.54. The maximum atomic E-state index is 9.39. The molecule has 0 radical (unpaired) electrons. The highest BCUT2D eigenvalue weighted by Crippen LogP contribution is 2.25. The van der Waals surface area contributed by atoms with Crippen LogP contribution in [0.5, 0.6) is 0 Å². The topological polar surface area (TPSA) is 41.5 Å². The number of ether oxygens (including phenoxy) is 1. The number of rotatable bonds is 8. The Bertz CT molecular complexity index is 442. The average Bonchev–Trinajstić information content (AvgIpc) is 3.10. The molecule has 0 aliphatic rings. The lowest BCUT2D eigenvalue weighted by atomic mass is 10.1. The number of hydrogen-bond donors (Lipinski definition) is 2. The van der Waals surface area contributed by atoms with E-state index in [1.807, 2.05) is 0 Å². The van der Waals surface area contributed by atoms with Crippen LogP contribution in [0.4, 0.5) is 0 Å². The molecule has 2 atom stereocenters. The van der Waals surface area contributed by atoms with Crippen molar-refractivity contribution in [3.63, 3.8) is 0 Å². The van der Waals surface area contributed by atoms with Crippen LogP contribution in [0.1, 0.15) is 15.8 Å². The summed E-state index contributed by atoms with van der Waals surface area (Å²) in [7, 11) is 1.66. The van der Waals surface area contributed by atoms with Crippen molar-refractivity contribution in [3.05, 3.63) is 44.8 Å². The quantitative estimate of drug-likeness (QED) is 0.787.